The maximum atomic E-state index is 5.79. The third-order valence-electron chi connectivity index (χ3n) is 2.14. The fourth-order valence-corrected chi connectivity index (χ4v) is 3.84. The Morgan fingerprint density at radius 1 is 0.737 bits per heavy atom. The summed E-state index contributed by atoms with van der Waals surface area (Å²) >= 11 is 5.60. The number of hydrogen-bond acceptors (Lipinski definition) is 5. The van der Waals surface area contributed by atoms with E-state index in [1.807, 2.05) is 13.8 Å². The third-order valence-corrected chi connectivity index (χ3v) is 5.19. The zero-order valence-electron chi connectivity index (χ0n) is 12.7. The van der Waals surface area contributed by atoms with Crippen LogP contribution in [0.15, 0.2) is 0 Å². The molecule has 0 aromatic heterocycles. The van der Waals surface area contributed by atoms with E-state index < -0.39 is 12.5 Å². The molecule has 0 spiro atoms. The SMILES string of the molecule is CCCOC(OCCC)P(=S)(OCCC)OCCC. The fourth-order valence-electron chi connectivity index (χ4n) is 1.26. The van der Waals surface area contributed by atoms with Crippen molar-refractivity contribution < 1.29 is 18.5 Å². The standard InChI is InChI=1S/C13H29O4PS/c1-5-9-14-13(15-10-6-2)18(19,16-11-7-3)17-12-8-4/h13H,5-12H2,1-4H3. The van der Waals surface area contributed by atoms with Crippen LogP contribution >= 0.6 is 6.49 Å². The summed E-state index contributed by atoms with van der Waals surface area (Å²) < 4.78 is 23.0. The molecule has 0 bridgehead atoms. The molecule has 0 amide bonds. The molecule has 0 saturated carbocycles. The van der Waals surface area contributed by atoms with Crippen LogP contribution in [0.1, 0.15) is 53.4 Å². The molecule has 0 heterocycles. The van der Waals surface area contributed by atoms with E-state index in [0.717, 1.165) is 25.7 Å². The van der Waals surface area contributed by atoms with Gasteiger partial charge in [-0.2, -0.15) is 0 Å². The largest absolute Gasteiger partial charge is 0.344 e. The Balaban J connectivity index is 4.70. The Labute approximate surface area is 123 Å². The van der Waals surface area contributed by atoms with Crippen molar-refractivity contribution in [2.24, 2.45) is 0 Å². The molecule has 0 aromatic carbocycles. The normalized spacial score (nSPS) is 12.3. The number of hydrogen-bond donors (Lipinski definition) is 0. The van der Waals surface area contributed by atoms with Crippen LogP contribution in [0, 0.1) is 0 Å². The quantitative estimate of drug-likeness (QED) is 0.375. The van der Waals surface area contributed by atoms with Crippen LogP contribution in [0.25, 0.3) is 0 Å². The topological polar surface area (TPSA) is 36.9 Å². The van der Waals surface area contributed by atoms with Gasteiger partial charge in [-0.1, -0.05) is 27.7 Å². The molecule has 0 N–H and O–H groups in total. The van der Waals surface area contributed by atoms with E-state index in [-0.39, 0.29) is 0 Å². The Kier molecular flexibility index (Phi) is 12.6. The smallest absolute Gasteiger partial charge is 0.245 e. The molecule has 0 saturated heterocycles. The van der Waals surface area contributed by atoms with E-state index in [1.165, 1.54) is 0 Å². The average Bonchev–Trinajstić information content (AvgIpc) is 2.43. The highest BCUT2D eigenvalue weighted by molar-refractivity contribution is 8.10. The highest BCUT2D eigenvalue weighted by atomic mass is 32.5. The van der Waals surface area contributed by atoms with E-state index >= 15 is 0 Å². The first-order valence-electron chi connectivity index (χ1n) is 7.26. The third kappa shape index (κ3) is 8.38. The summed E-state index contributed by atoms with van der Waals surface area (Å²) in [6.45, 7) is 8.07. The van der Waals surface area contributed by atoms with E-state index in [2.05, 4.69) is 13.8 Å². The van der Waals surface area contributed by atoms with Gasteiger partial charge in [0.2, 0.25) is 12.5 Å². The lowest BCUT2D eigenvalue weighted by Gasteiger charge is -2.30. The highest BCUT2D eigenvalue weighted by Gasteiger charge is 2.32. The van der Waals surface area contributed by atoms with Crippen molar-refractivity contribution >= 4 is 18.3 Å². The first-order chi connectivity index (χ1) is 9.14. The monoisotopic (exact) mass is 312 g/mol. The van der Waals surface area contributed by atoms with Gasteiger partial charge in [0.15, 0.2) is 0 Å². The van der Waals surface area contributed by atoms with Crippen LogP contribution < -0.4 is 0 Å². The molecule has 0 rings (SSSR count). The lowest BCUT2D eigenvalue weighted by molar-refractivity contribution is -0.0992. The summed E-state index contributed by atoms with van der Waals surface area (Å²) in [5.74, 6) is 0. The van der Waals surface area contributed by atoms with Gasteiger partial charge < -0.3 is 18.5 Å². The first-order valence-corrected chi connectivity index (χ1v) is 9.97. The minimum absolute atomic E-state index is 0.541. The molecule has 0 aliphatic heterocycles. The Hall–Kier alpha value is 0.490. The summed E-state index contributed by atoms with van der Waals surface area (Å²) in [6.07, 6.45) is 3.65. The lowest BCUT2D eigenvalue weighted by atomic mass is 10.5. The van der Waals surface area contributed by atoms with Gasteiger partial charge in [0.05, 0.1) is 26.4 Å². The van der Waals surface area contributed by atoms with Crippen molar-refractivity contribution in [2.45, 2.75) is 59.4 Å². The zero-order valence-corrected chi connectivity index (χ0v) is 14.4. The van der Waals surface area contributed by atoms with E-state index in [4.69, 9.17) is 30.3 Å². The molecule has 0 radical (unpaired) electrons. The Bertz CT molecular complexity index is 231. The van der Waals surface area contributed by atoms with Gasteiger partial charge in [0.1, 0.15) is 0 Å². The summed E-state index contributed by atoms with van der Waals surface area (Å²) in [7, 11) is 0. The first kappa shape index (κ1) is 19.5. The maximum absolute atomic E-state index is 5.79. The molecule has 4 nitrogen and oxygen atoms in total. The van der Waals surface area contributed by atoms with E-state index in [9.17, 15) is 0 Å². The van der Waals surface area contributed by atoms with Gasteiger partial charge in [-0.05, 0) is 37.5 Å². The zero-order chi connectivity index (χ0) is 14.6. The van der Waals surface area contributed by atoms with Crippen molar-refractivity contribution in [3.8, 4) is 0 Å². The van der Waals surface area contributed by atoms with Crippen molar-refractivity contribution in [3.05, 3.63) is 0 Å². The molecule has 0 fully saturated rings. The second-order valence-electron chi connectivity index (χ2n) is 4.25. The van der Waals surface area contributed by atoms with Crippen molar-refractivity contribution in [2.75, 3.05) is 26.4 Å². The fraction of sp³-hybridized carbons (Fsp3) is 1.00. The van der Waals surface area contributed by atoms with E-state index in [0.29, 0.717) is 26.4 Å². The molecule has 0 aliphatic rings. The minimum atomic E-state index is -2.53. The second kappa shape index (κ2) is 12.2. The molecule has 19 heavy (non-hydrogen) atoms. The molecule has 0 unspecified atom stereocenters. The van der Waals surface area contributed by atoms with Crippen LogP contribution in [0.3, 0.4) is 0 Å². The Morgan fingerprint density at radius 3 is 1.42 bits per heavy atom. The minimum Gasteiger partial charge on any atom is -0.344 e. The van der Waals surface area contributed by atoms with Crippen LogP contribution in [0.2, 0.25) is 0 Å². The summed E-state index contributed by atoms with van der Waals surface area (Å²) in [5.41, 5.74) is 0. The second-order valence-corrected chi connectivity index (χ2v) is 7.80. The van der Waals surface area contributed by atoms with Gasteiger partial charge in [-0.3, -0.25) is 0 Å². The van der Waals surface area contributed by atoms with Crippen molar-refractivity contribution in [1.29, 1.82) is 0 Å². The molecule has 116 valence electrons. The molecule has 0 aliphatic carbocycles. The summed E-state index contributed by atoms with van der Waals surface area (Å²) in [4.78, 5) is 0. The van der Waals surface area contributed by atoms with Crippen LogP contribution in [0.4, 0.5) is 0 Å². The Morgan fingerprint density at radius 2 is 1.11 bits per heavy atom. The summed E-state index contributed by atoms with van der Waals surface area (Å²) in [6, 6.07) is -0.541. The molecule has 6 heteroatoms. The number of rotatable bonds is 13. The predicted molar refractivity (Wildman–Crippen MR) is 83.0 cm³/mol. The summed E-state index contributed by atoms with van der Waals surface area (Å²) in [5, 5.41) is 0. The van der Waals surface area contributed by atoms with Crippen LogP contribution in [-0.2, 0) is 30.3 Å². The number of ether oxygens (including phenoxy) is 2. The van der Waals surface area contributed by atoms with Crippen LogP contribution in [0.5, 0.6) is 0 Å². The van der Waals surface area contributed by atoms with Crippen LogP contribution in [-0.4, -0.2) is 32.5 Å². The van der Waals surface area contributed by atoms with Gasteiger partial charge >= 0.3 is 0 Å². The van der Waals surface area contributed by atoms with Gasteiger partial charge in [0, 0.05) is 0 Å². The molecule has 0 aromatic rings. The lowest BCUT2D eigenvalue weighted by Crippen LogP contribution is -2.22. The average molecular weight is 312 g/mol. The molecular weight excluding hydrogens is 283 g/mol. The van der Waals surface area contributed by atoms with Crippen molar-refractivity contribution in [3.63, 3.8) is 0 Å². The van der Waals surface area contributed by atoms with Crippen molar-refractivity contribution in [1.82, 2.24) is 0 Å². The molecule has 0 atom stereocenters. The van der Waals surface area contributed by atoms with Gasteiger partial charge in [-0.15, -0.1) is 0 Å². The maximum Gasteiger partial charge on any atom is 0.245 e. The highest BCUT2D eigenvalue weighted by Crippen LogP contribution is 2.54. The predicted octanol–water partition coefficient (Wildman–Crippen LogP) is 4.29. The van der Waals surface area contributed by atoms with E-state index in [1.54, 1.807) is 0 Å². The molecular formula is C13H29O4PS. The van der Waals surface area contributed by atoms with Gasteiger partial charge in [0.25, 0.3) is 0 Å². The van der Waals surface area contributed by atoms with Gasteiger partial charge in [-0.25, -0.2) is 0 Å².